The number of Topliss-reactive ketones (excluding diaryl/α,β-unsaturated/α-hetero) is 1. The van der Waals surface area contributed by atoms with E-state index in [-0.39, 0.29) is 23.1 Å². The van der Waals surface area contributed by atoms with Crippen LogP contribution in [0.4, 0.5) is 13.2 Å². The van der Waals surface area contributed by atoms with Crippen molar-refractivity contribution in [3.05, 3.63) is 34.6 Å². The molecule has 1 fully saturated rings. The van der Waals surface area contributed by atoms with Gasteiger partial charge in [-0.25, -0.2) is 13.2 Å². The van der Waals surface area contributed by atoms with Gasteiger partial charge in [0, 0.05) is 23.6 Å². The summed E-state index contributed by atoms with van der Waals surface area (Å²) in [5.41, 5.74) is -0.570. The van der Waals surface area contributed by atoms with Crippen LogP contribution in [0.5, 0.6) is 0 Å². The lowest BCUT2D eigenvalue weighted by molar-refractivity contribution is 0.0958. The lowest BCUT2D eigenvalue weighted by Gasteiger charge is -2.08. The van der Waals surface area contributed by atoms with E-state index < -0.39 is 23.2 Å². The van der Waals surface area contributed by atoms with Gasteiger partial charge in [0.25, 0.3) is 0 Å². The fourth-order valence-corrected chi connectivity index (χ4v) is 2.18. The van der Waals surface area contributed by atoms with E-state index in [2.05, 4.69) is 5.32 Å². The average molecular weight is 257 g/mol. The zero-order valence-electron chi connectivity index (χ0n) is 10.2. The molecule has 2 unspecified atom stereocenters. The maximum absolute atomic E-state index is 13.6. The van der Waals surface area contributed by atoms with E-state index in [0.29, 0.717) is 19.0 Å². The Labute approximate surface area is 103 Å². The molecule has 1 aliphatic rings. The third kappa shape index (κ3) is 2.14. The van der Waals surface area contributed by atoms with Crippen molar-refractivity contribution in [1.29, 1.82) is 0 Å². The van der Waals surface area contributed by atoms with Crippen LogP contribution in [0.3, 0.4) is 0 Å². The molecular weight excluding hydrogens is 243 g/mol. The van der Waals surface area contributed by atoms with Crippen molar-refractivity contribution in [2.24, 2.45) is 5.92 Å². The molecule has 0 bridgehead atoms. The zero-order valence-corrected chi connectivity index (χ0v) is 10.2. The largest absolute Gasteiger partial charge is 0.313 e. The predicted molar refractivity (Wildman–Crippen MR) is 61.0 cm³/mol. The summed E-state index contributed by atoms with van der Waals surface area (Å²) in [6, 6.07) is 0.453. The minimum absolute atomic E-state index is 0.0226. The second kappa shape index (κ2) is 4.72. The molecule has 1 saturated carbocycles. The summed E-state index contributed by atoms with van der Waals surface area (Å²) in [5.74, 6) is -4.18. The average Bonchev–Trinajstić information content (AvgIpc) is 3.06. The fourth-order valence-electron chi connectivity index (χ4n) is 2.18. The molecule has 18 heavy (non-hydrogen) atoms. The van der Waals surface area contributed by atoms with Gasteiger partial charge in [0.15, 0.2) is 17.4 Å². The van der Waals surface area contributed by atoms with E-state index >= 15 is 0 Å². The highest BCUT2D eigenvalue weighted by Crippen LogP contribution is 2.35. The number of benzene rings is 1. The molecule has 1 N–H and O–H groups in total. The van der Waals surface area contributed by atoms with Gasteiger partial charge in [0.2, 0.25) is 0 Å². The molecule has 0 heterocycles. The van der Waals surface area contributed by atoms with Gasteiger partial charge in [0.05, 0.1) is 5.56 Å². The van der Waals surface area contributed by atoms with Gasteiger partial charge in [-0.3, -0.25) is 4.79 Å². The molecule has 0 radical (unpaired) electrons. The SMILES string of the molecule is CCNC1CC1C(=O)c1c(F)cc(F)c(F)c1C. The highest BCUT2D eigenvalue weighted by molar-refractivity contribution is 6.01. The first kappa shape index (κ1) is 13.1. The Balaban J connectivity index is 2.30. The summed E-state index contributed by atoms with van der Waals surface area (Å²) in [5, 5.41) is 3.07. The maximum atomic E-state index is 13.6. The molecule has 98 valence electrons. The number of halogens is 3. The van der Waals surface area contributed by atoms with Gasteiger partial charge in [0.1, 0.15) is 5.82 Å². The summed E-state index contributed by atoms with van der Waals surface area (Å²) in [7, 11) is 0. The van der Waals surface area contributed by atoms with Crippen molar-refractivity contribution in [3.8, 4) is 0 Å². The minimum atomic E-state index is -1.26. The van der Waals surface area contributed by atoms with Crippen LogP contribution in [0, 0.1) is 30.3 Å². The Kier molecular flexibility index (Phi) is 3.43. The van der Waals surface area contributed by atoms with Gasteiger partial charge in [-0.2, -0.15) is 0 Å². The summed E-state index contributed by atoms with van der Waals surface area (Å²) in [4.78, 5) is 12.0. The van der Waals surface area contributed by atoms with Gasteiger partial charge >= 0.3 is 0 Å². The molecule has 0 amide bonds. The van der Waals surface area contributed by atoms with Gasteiger partial charge in [-0.15, -0.1) is 0 Å². The predicted octanol–water partition coefficient (Wildman–Crippen LogP) is 2.59. The third-order valence-corrected chi connectivity index (χ3v) is 3.25. The lowest BCUT2D eigenvalue weighted by atomic mass is 10.00. The van der Waals surface area contributed by atoms with E-state index in [9.17, 15) is 18.0 Å². The van der Waals surface area contributed by atoms with E-state index in [1.807, 2.05) is 6.92 Å². The Hall–Kier alpha value is -1.36. The molecule has 0 saturated heterocycles. The molecule has 2 rings (SSSR count). The van der Waals surface area contributed by atoms with Gasteiger partial charge < -0.3 is 5.32 Å². The van der Waals surface area contributed by atoms with E-state index in [0.717, 1.165) is 0 Å². The van der Waals surface area contributed by atoms with E-state index in [1.165, 1.54) is 6.92 Å². The fraction of sp³-hybridized carbons (Fsp3) is 0.462. The van der Waals surface area contributed by atoms with Crippen LogP contribution in [0.15, 0.2) is 6.07 Å². The Bertz CT molecular complexity index is 501. The molecule has 0 aromatic heterocycles. The van der Waals surface area contributed by atoms with Gasteiger partial charge in [-0.05, 0) is 19.9 Å². The molecule has 2 atom stereocenters. The highest BCUT2D eigenvalue weighted by Gasteiger charge is 2.44. The standard InChI is InChI=1S/C13H14F3NO/c1-3-17-10-4-7(10)13(18)11-6(2)12(16)9(15)5-8(11)14/h5,7,10,17H,3-4H2,1-2H3. The molecule has 1 aliphatic carbocycles. The van der Waals surface area contributed by atoms with Crippen LogP contribution < -0.4 is 5.32 Å². The smallest absolute Gasteiger partial charge is 0.170 e. The monoisotopic (exact) mass is 257 g/mol. The topological polar surface area (TPSA) is 29.1 Å². The van der Waals surface area contributed by atoms with Crippen molar-refractivity contribution in [3.63, 3.8) is 0 Å². The first-order valence-electron chi connectivity index (χ1n) is 5.89. The second-order valence-electron chi connectivity index (χ2n) is 4.52. The Morgan fingerprint density at radius 3 is 2.67 bits per heavy atom. The minimum Gasteiger partial charge on any atom is -0.313 e. The van der Waals surface area contributed by atoms with Crippen LogP contribution in [0.2, 0.25) is 0 Å². The molecule has 5 heteroatoms. The lowest BCUT2D eigenvalue weighted by Crippen LogP contribution is -2.21. The first-order valence-corrected chi connectivity index (χ1v) is 5.89. The van der Waals surface area contributed by atoms with Crippen LogP contribution in [0.1, 0.15) is 29.3 Å². The summed E-state index contributed by atoms with van der Waals surface area (Å²) in [6.45, 7) is 3.84. The third-order valence-electron chi connectivity index (χ3n) is 3.25. The Morgan fingerprint density at radius 2 is 2.06 bits per heavy atom. The van der Waals surface area contributed by atoms with Gasteiger partial charge in [-0.1, -0.05) is 6.92 Å². The summed E-state index contributed by atoms with van der Waals surface area (Å²) < 4.78 is 39.9. The van der Waals surface area contributed by atoms with Crippen LogP contribution >= 0.6 is 0 Å². The summed E-state index contributed by atoms with van der Waals surface area (Å²) in [6.07, 6.45) is 0.616. The number of hydrogen-bond acceptors (Lipinski definition) is 2. The molecular formula is C13H14F3NO. The summed E-state index contributed by atoms with van der Waals surface area (Å²) >= 11 is 0. The number of carbonyl (C=O) groups is 1. The normalized spacial score (nSPS) is 22.1. The quantitative estimate of drug-likeness (QED) is 0.663. The Morgan fingerprint density at radius 1 is 1.39 bits per heavy atom. The van der Waals surface area contributed by atoms with Crippen molar-refractivity contribution in [2.75, 3.05) is 6.54 Å². The molecule has 2 nitrogen and oxygen atoms in total. The van der Waals surface area contributed by atoms with Crippen LogP contribution in [-0.2, 0) is 0 Å². The maximum Gasteiger partial charge on any atom is 0.170 e. The van der Waals surface area contributed by atoms with E-state index in [4.69, 9.17) is 0 Å². The van der Waals surface area contributed by atoms with E-state index in [1.54, 1.807) is 0 Å². The molecule has 1 aromatic carbocycles. The second-order valence-corrected chi connectivity index (χ2v) is 4.52. The number of hydrogen-bond donors (Lipinski definition) is 1. The first-order chi connectivity index (χ1) is 8.47. The highest BCUT2D eigenvalue weighted by atomic mass is 19.2. The number of ketones is 1. The number of nitrogens with one attached hydrogen (secondary N) is 1. The van der Waals surface area contributed by atoms with Crippen molar-refractivity contribution < 1.29 is 18.0 Å². The van der Waals surface area contributed by atoms with Crippen molar-refractivity contribution in [2.45, 2.75) is 26.3 Å². The van der Waals surface area contributed by atoms with Crippen LogP contribution in [0.25, 0.3) is 0 Å². The zero-order chi connectivity index (χ0) is 13.4. The molecule has 0 aliphatic heterocycles. The molecule has 0 spiro atoms. The number of rotatable bonds is 4. The van der Waals surface area contributed by atoms with Crippen molar-refractivity contribution in [1.82, 2.24) is 5.32 Å². The van der Waals surface area contributed by atoms with Crippen molar-refractivity contribution >= 4 is 5.78 Å². The number of carbonyl (C=O) groups excluding carboxylic acids is 1. The van der Waals surface area contributed by atoms with Crippen LogP contribution in [-0.4, -0.2) is 18.4 Å². The molecule has 1 aromatic rings.